The first-order valence-corrected chi connectivity index (χ1v) is 18.1. The Kier molecular flexibility index (Phi) is 10.6. The van der Waals surface area contributed by atoms with Crippen molar-refractivity contribution in [2.24, 2.45) is 0 Å². The predicted octanol–water partition coefficient (Wildman–Crippen LogP) is 2.95. The summed E-state index contributed by atoms with van der Waals surface area (Å²) in [5.41, 5.74) is 3.25. The van der Waals surface area contributed by atoms with E-state index in [2.05, 4.69) is 21.1 Å². The third-order valence-corrected chi connectivity index (χ3v) is 10.3. The van der Waals surface area contributed by atoms with E-state index in [-0.39, 0.29) is 42.3 Å². The number of anilines is 2. The molecule has 7 rings (SSSR count). The second kappa shape index (κ2) is 15.7. The molecule has 16 nitrogen and oxygen atoms in total. The predicted molar refractivity (Wildman–Crippen MR) is 199 cm³/mol. The molecule has 0 radical (unpaired) electrons. The van der Waals surface area contributed by atoms with E-state index in [9.17, 15) is 19.8 Å². The van der Waals surface area contributed by atoms with Crippen LogP contribution < -0.4 is 30.3 Å². The molecule has 5 aromatic rings. The van der Waals surface area contributed by atoms with Crippen molar-refractivity contribution >= 4 is 34.7 Å². The van der Waals surface area contributed by atoms with Crippen LogP contribution in [-0.2, 0) is 4.79 Å². The summed E-state index contributed by atoms with van der Waals surface area (Å²) in [4.78, 5) is 41.8. The van der Waals surface area contributed by atoms with Crippen LogP contribution in [0.15, 0.2) is 65.4 Å². The number of hydrogen-bond acceptors (Lipinski definition) is 13. The zero-order valence-electron chi connectivity index (χ0n) is 30.6. The fraction of sp³-hybridized carbons (Fsp3) is 0.421. The SMILES string of the molecule is CCC(=O)N[C@H]1C[C@@H](n2cnc3c(NCC(c4ccc(OC)cc4)c4ccc(OC)cc4)nc(N4CC[C@@H](NC(=O)c5cc(C)on5)C4)nc32)[C@H](O)[C@@H]1O. The van der Waals surface area contributed by atoms with Crippen LogP contribution in [0.2, 0.25) is 0 Å². The smallest absolute Gasteiger partial charge is 0.273 e. The van der Waals surface area contributed by atoms with Gasteiger partial charge in [-0.15, -0.1) is 0 Å². The number of aliphatic hydroxyl groups excluding tert-OH is 2. The van der Waals surface area contributed by atoms with Crippen molar-refractivity contribution in [3.63, 3.8) is 0 Å². The number of amides is 2. The largest absolute Gasteiger partial charge is 0.497 e. The van der Waals surface area contributed by atoms with E-state index in [4.69, 9.17) is 28.9 Å². The van der Waals surface area contributed by atoms with Gasteiger partial charge in [0, 0.05) is 44.1 Å². The van der Waals surface area contributed by atoms with Gasteiger partial charge in [-0.1, -0.05) is 36.3 Å². The van der Waals surface area contributed by atoms with Crippen LogP contribution in [0.5, 0.6) is 11.5 Å². The second-order valence-corrected chi connectivity index (χ2v) is 13.7. The van der Waals surface area contributed by atoms with E-state index < -0.39 is 24.3 Å². The number of nitrogens with zero attached hydrogens (tertiary/aromatic N) is 6. The number of aromatic nitrogens is 5. The lowest BCUT2D eigenvalue weighted by molar-refractivity contribution is -0.122. The van der Waals surface area contributed by atoms with Crippen molar-refractivity contribution in [2.45, 2.75) is 69.4 Å². The molecule has 16 heteroatoms. The van der Waals surface area contributed by atoms with Gasteiger partial charge in [-0.3, -0.25) is 9.59 Å². The third kappa shape index (κ3) is 7.52. The molecule has 0 spiro atoms. The Morgan fingerprint density at radius 1 is 0.981 bits per heavy atom. The molecule has 1 aliphatic carbocycles. The first-order chi connectivity index (χ1) is 26.1. The maximum absolute atomic E-state index is 12.9. The van der Waals surface area contributed by atoms with E-state index >= 15 is 0 Å². The van der Waals surface area contributed by atoms with Crippen molar-refractivity contribution in [2.75, 3.05) is 44.1 Å². The second-order valence-electron chi connectivity index (χ2n) is 13.7. The number of ether oxygens (including phenoxy) is 2. The van der Waals surface area contributed by atoms with Gasteiger partial charge in [0.15, 0.2) is 22.7 Å². The number of methoxy groups -OCH3 is 2. The van der Waals surface area contributed by atoms with E-state index in [0.29, 0.717) is 54.7 Å². The molecule has 284 valence electrons. The average molecular weight is 740 g/mol. The molecule has 2 aliphatic rings. The van der Waals surface area contributed by atoms with E-state index in [1.54, 1.807) is 45.0 Å². The minimum atomic E-state index is -1.18. The summed E-state index contributed by atoms with van der Waals surface area (Å²) >= 11 is 0. The molecule has 5 N–H and O–H groups in total. The number of aryl methyl sites for hydroxylation is 1. The molecule has 1 saturated heterocycles. The fourth-order valence-electron chi connectivity index (χ4n) is 7.24. The van der Waals surface area contributed by atoms with Crippen molar-refractivity contribution in [3.8, 4) is 11.5 Å². The van der Waals surface area contributed by atoms with Gasteiger partial charge in [0.25, 0.3) is 5.91 Å². The number of rotatable bonds is 13. The number of imidazole rings is 1. The maximum atomic E-state index is 12.9. The van der Waals surface area contributed by atoms with Gasteiger partial charge in [0.05, 0.1) is 32.6 Å². The number of fused-ring (bicyclic) bond motifs is 1. The first-order valence-electron chi connectivity index (χ1n) is 18.1. The van der Waals surface area contributed by atoms with Crippen molar-refractivity contribution in [3.05, 3.63) is 83.5 Å². The molecule has 3 aromatic heterocycles. The van der Waals surface area contributed by atoms with Gasteiger partial charge in [-0.2, -0.15) is 9.97 Å². The van der Waals surface area contributed by atoms with Crippen LogP contribution in [-0.4, -0.2) is 105 Å². The van der Waals surface area contributed by atoms with Crippen LogP contribution >= 0.6 is 0 Å². The molecule has 2 aromatic carbocycles. The van der Waals surface area contributed by atoms with E-state index in [1.165, 1.54) is 0 Å². The highest BCUT2D eigenvalue weighted by atomic mass is 16.5. The monoisotopic (exact) mass is 739 g/mol. The molecular formula is C38H45N9O7. The van der Waals surface area contributed by atoms with Gasteiger partial charge in [-0.25, -0.2) is 4.98 Å². The Morgan fingerprint density at radius 2 is 1.67 bits per heavy atom. The van der Waals surface area contributed by atoms with Gasteiger partial charge in [-0.05, 0) is 55.2 Å². The van der Waals surface area contributed by atoms with Gasteiger partial charge >= 0.3 is 0 Å². The maximum Gasteiger partial charge on any atom is 0.273 e. The normalized spacial score (nSPS) is 21.1. The number of hydrogen-bond donors (Lipinski definition) is 5. The zero-order valence-corrected chi connectivity index (χ0v) is 30.6. The number of nitrogens with one attached hydrogen (secondary N) is 3. The number of carbonyl (C=O) groups excluding carboxylic acids is 2. The number of carbonyl (C=O) groups is 2. The van der Waals surface area contributed by atoms with Crippen LogP contribution in [0.1, 0.15) is 65.5 Å². The molecule has 4 heterocycles. The summed E-state index contributed by atoms with van der Waals surface area (Å²) in [5, 5.41) is 35.4. The average Bonchev–Trinajstić information content (AvgIpc) is 4.00. The summed E-state index contributed by atoms with van der Waals surface area (Å²) in [5.74, 6) is 2.29. The Hall–Kier alpha value is -5.74. The van der Waals surface area contributed by atoms with Crippen molar-refractivity contribution in [1.82, 2.24) is 35.3 Å². The molecule has 1 saturated carbocycles. The molecule has 0 unspecified atom stereocenters. The lowest BCUT2D eigenvalue weighted by Gasteiger charge is -2.22. The van der Waals surface area contributed by atoms with Gasteiger partial charge in [0.2, 0.25) is 11.9 Å². The summed E-state index contributed by atoms with van der Waals surface area (Å²) in [6.07, 6.45) is 0.421. The molecule has 2 fully saturated rings. The minimum Gasteiger partial charge on any atom is -0.497 e. The first kappa shape index (κ1) is 36.6. The quantitative estimate of drug-likeness (QED) is 0.118. The summed E-state index contributed by atoms with van der Waals surface area (Å²) in [7, 11) is 3.27. The standard InChI is InChI=1S/C38H45N9O7/c1-5-31(48)42-28-17-30(34(50)33(28)49)47-20-40-32-35(39-18-27(22-6-10-25(52-3)11-7-22)23-8-12-26(53-4)13-9-23)43-38(44-36(32)47)46-15-14-24(19-46)41-37(51)29-16-21(2)54-45-29/h6-13,16,20,24,27-28,30,33-34,49-50H,5,14-15,17-19H2,1-4H3,(H,41,51)(H,42,48)(H,39,43,44)/t24-,28+,30-,33-,34+/m1/s1. The van der Waals surface area contributed by atoms with Gasteiger partial charge < -0.3 is 49.6 Å². The summed E-state index contributed by atoms with van der Waals surface area (Å²) in [6, 6.07) is 16.0. The molecular weight excluding hydrogens is 694 g/mol. The zero-order chi connectivity index (χ0) is 37.9. The Labute approximate surface area is 311 Å². The number of aliphatic hydroxyl groups is 2. The van der Waals surface area contributed by atoms with Crippen LogP contribution in [0, 0.1) is 6.92 Å². The van der Waals surface area contributed by atoms with Crippen LogP contribution in [0.25, 0.3) is 11.2 Å². The highest BCUT2D eigenvalue weighted by molar-refractivity contribution is 5.92. The Morgan fingerprint density at radius 3 is 2.28 bits per heavy atom. The topological polar surface area (TPSA) is 202 Å². The molecule has 0 bridgehead atoms. The highest BCUT2D eigenvalue weighted by Crippen LogP contribution is 2.36. The molecule has 54 heavy (non-hydrogen) atoms. The van der Waals surface area contributed by atoms with Crippen molar-refractivity contribution in [1.29, 1.82) is 0 Å². The fourth-order valence-corrected chi connectivity index (χ4v) is 7.24. The van der Waals surface area contributed by atoms with Gasteiger partial charge in [0.1, 0.15) is 29.5 Å². The van der Waals surface area contributed by atoms with Crippen molar-refractivity contribution < 1.29 is 33.8 Å². The molecule has 2 amide bonds. The highest BCUT2D eigenvalue weighted by Gasteiger charge is 2.44. The molecule has 1 aliphatic heterocycles. The van der Waals surface area contributed by atoms with E-state index in [0.717, 1.165) is 22.6 Å². The van der Waals surface area contributed by atoms with Crippen LogP contribution in [0.4, 0.5) is 11.8 Å². The molecule has 5 atom stereocenters. The lowest BCUT2D eigenvalue weighted by Crippen LogP contribution is -2.42. The van der Waals surface area contributed by atoms with Crippen LogP contribution in [0.3, 0.4) is 0 Å². The minimum absolute atomic E-state index is 0.112. The lowest BCUT2D eigenvalue weighted by atomic mass is 9.91. The Balaban J connectivity index is 1.22. The Bertz CT molecular complexity index is 2040. The summed E-state index contributed by atoms with van der Waals surface area (Å²) < 4.78 is 17.7. The summed E-state index contributed by atoms with van der Waals surface area (Å²) in [6.45, 7) is 4.91. The number of benzene rings is 2. The van der Waals surface area contributed by atoms with E-state index in [1.807, 2.05) is 53.4 Å². The third-order valence-electron chi connectivity index (χ3n) is 10.3.